The van der Waals surface area contributed by atoms with Gasteiger partial charge in [0, 0.05) is 29.4 Å². The number of hydrogen-bond acceptors (Lipinski definition) is 6. The Labute approximate surface area is 259 Å². The van der Waals surface area contributed by atoms with Gasteiger partial charge in [0.2, 0.25) is 5.91 Å². The highest BCUT2D eigenvalue weighted by Crippen LogP contribution is 2.48. The lowest BCUT2D eigenvalue weighted by atomic mass is 9.65. The predicted molar refractivity (Wildman–Crippen MR) is 157 cm³/mol. The molecule has 240 valence electrons. The van der Waals surface area contributed by atoms with Crippen molar-refractivity contribution in [2.45, 2.75) is 68.7 Å². The number of amides is 3. The topological polar surface area (TPSA) is 131 Å². The van der Waals surface area contributed by atoms with Crippen LogP contribution < -0.4 is 16.0 Å². The van der Waals surface area contributed by atoms with Gasteiger partial charge in [-0.1, -0.05) is 38.8 Å². The quantitative estimate of drug-likeness (QED) is 0.323. The highest BCUT2D eigenvalue weighted by Gasteiger charge is 2.51. The number of fused-ring (bicyclic) bond motifs is 2. The zero-order valence-corrected chi connectivity index (χ0v) is 26.2. The largest absolute Gasteiger partial charge is 0.453 e. The van der Waals surface area contributed by atoms with Crippen molar-refractivity contribution < 1.29 is 40.7 Å². The van der Waals surface area contributed by atoms with Crippen LogP contribution in [0.4, 0.5) is 23.7 Å². The lowest BCUT2D eigenvalue weighted by Gasteiger charge is -2.48. The fourth-order valence-electron chi connectivity index (χ4n) is 6.39. The molecule has 4 rings (SSSR count). The summed E-state index contributed by atoms with van der Waals surface area (Å²) in [6.07, 6.45) is 1.45. The first-order valence-corrected chi connectivity index (χ1v) is 16.2. The molecular weight excluding hydrogens is 623 g/mol. The van der Waals surface area contributed by atoms with E-state index in [1.165, 1.54) is 19.2 Å². The highest BCUT2D eigenvalue weighted by atomic mass is 35.5. The molecule has 14 heteroatoms. The molecule has 0 radical (unpaired) electrons. The van der Waals surface area contributed by atoms with E-state index < -0.39 is 50.6 Å². The Morgan fingerprint density at radius 2 is 1.68 bits per heavy atom. The number of hydrogen-bond donors (Lipinski definition) is 3. The van der Waals surface area contributed by atoms with Crippen LogP contribution in [0.5, 0.6) is 0 Å². The normalized spacial score (nSPS) is 23.9. The van der Waals surface area contributed by atoms with Crippen molar-refractivity contribution in [2.75, 3.05) is 12.4 Å². The van der Waals surface area contributed by atoms with Crippen molar-refractivity contribution in [3.05, 3.63) is 58.4 Å². The molecule has 2 bridgehead atoms. The molecular formula is C30H35ClF3N3O6S. The van der Waals surface area contributed by atoms with Gasteiger partial charge >= 0.3 is 6.09 Å². The molecule has 6 atom stereocenters. The Bertz CT molecular complexity index is 1530. The summed E-state index contributed by atoms with van der Waals surface area (Å²) in [5.41, 5.74) is -0.480. The van der Waals surface area contributed by atoms with Gasteiger partial charge in [0.05, 0.1) is 22.3 Å². The Morgan fingerprint density at radius 1 is 1.02 bits per heavy atom. The van der Waals surface area contributed by atoms with Crippen molar-refractivity contribution in [1.82, 2.24) is 10.6 Å². The summed E-state index contributed by atoms with van der Waals surface area (Å²) < 4.78 is 73.7. The highest BCUT2D eigenvalue weighted by molar-refractivity contribution is 7.92. The maximum Gasteiger partial charge on any atom is 0.407 e. The molecule has 3 amide bonds. The molecule has 2 fully saturated rings. The van der Waals surface area contributed by atoms with E-state index in [0.717, 1.165) is 12.5 Å². The van der Waals surface area contributed by atoms with Crippen LogP contribution in [0.25, 0.3) is 0 Å². The minimum atomic E-state index is -4.10. The molecule has 44 heavy (non-hydrogen) atoms. The molecule has 2 aromatic carbocycles. The first-order chi connectivity index (χ1) is 20.6. The summed E-state index contributed by atoms with van der Waals surface area (Å²) in [7, 11) is -2.90. The third-order valence-corrected chi connectivity index (χ3v) is 11.5. The van der Waals surface area contributed by atoms with Crippen LogP contribution in [0, 0.1) is 41.1 Å². The molecule has 2 aromatic rings. The third kappa shape index (κ3) is 6.98. The van der Waals surface area contributed by atoms with Gasteiger partial charge in [0.1, 0.15) is 6.04 Å². The number of nitrogens with one attached hydrogen (secondary N) is 3. The summed E-state index contributed by atoms with van der Waals surface area (Å²) in [5, 5.41) is 6.88. The molecule has 0 heterocycles. The second kappa shape index (κ2) is 13.4. The van der Waals surface area contributed by atoms with E-state index in [9.17, 15) is 36.0 Å². The first kappa shape index (κ1) is 33.6. The van der Waals surface area contributed by atoms with Crippen LogP contribution in [0.3, 0.4) is 0 Å². The molecule has 0 saturated heterocycles. The van der Waals surface area contributed by atoms with Crippen LogP contribution in [0.1, 0.15) is 56.8 Å². The summed E-state index contributed by atoms with van der Waals surface area (Å²) in [4.78, 5) is 37.6. The van der Waals surface area contributed by atoms with E-state index in [1.54, 1.807) is 13.8 Å². The lowest BCUT2D eigenvalue weighted by molar-refractivity contribution is -0.125. The van der Waals surface area contributed by atoms with Gasteiger partial charge in [-0.05, 0) is 61.1 Å². The molecule has 0 spiro atoms. The SMILES string of the molecule is COC(=O)NC(C(=O)N[C@@H]1CC2C(S(=O)(=O)c3cc(C(=O)Nc4cc(F)c(F)c(F)c4)ccc3Cl)[C@H](CC[C@H]2C)C1)C(C)C. The number of alkyl carbamates (subject to hydrolysis) is 1. The van der Waals surface area contributed by atoms with Crippen LogP contribution in [-0.4, -0.2) is 50.8 Å². The number of rotatable bonds is 8. The standard InChI is InChI=1S/C30H35ClF3N3O6S/c1-14(2)26(37-30(40)43-4)29(39)36-18-9-16-6-5-15(3)20(11-18)27(16)44(41,42)24-10-17(7-8-21(24)31)28(38)35-19-12-22(32)25(34)23(33)13-19/h7-8,10,12-16,18,20,26-27H,5-6,9,11H2,1-4H3,(H,35,38)(H,36,39)(H,37,40)/t15-,16-,18+,20?,26?,27?/m1/s1. The zero-order chi connectivity index (χ0) is 32.5. The summed E-state index contributed by atoms with van der Waals surface area (Å²) >= 11 is 6.38. The Morgan fingerprint density at radius 3 is 2.30 bits per heavy atom. The van der Waals surface area contributed by atoms with Gasteiger partial charge in [-0.15, -0.1) is 0 Å². The Balaban J connectivity index is 1.57. The molecule has 9 nitrogen and oxygen atoms in total. The van der Waals surface area contributed by atoms with E-state index >= 15 is 0 Å². The number of carbonyl (C=O) groups excluding carboxylic acids is 3. The first-order valence-electron chi connectivity index (χ1n) is 14.3. The number of halogens is 4. The number of carbonyl (C=O) groups is 3. The number of methoxy groups -OCH3 is 1. The fourth-order valence-corrected chi connectivity index (χ4v) is 9.35. The summed E-state index contributed by atoms with van der Waals surface area (Å²) in [6.45, 7) is 5.54. The fraction of sp³-hybridized carbons (Fsp3) is 0.500. The Kier molecular flexibility index (Phi) is 10.2. The second-order valence-corrected chi connectivity index (χ2v) is 14.4. The van der Waals surface area contributed by atoms with Gasteiger partial charge in [-0.25, -0.2) is 26.4 Å². The summed E-state index contributed by atoms with van der Waals surface area (Å²) in [5.74, 6) is -6.79. The van der Waals surface area contributed by atoms with Gasteiger partial charge in [-0.3, -0.25) is 9.59 Å². The van der Waals surface area contributed by atoms with E-state index in [0.29, 0.717) is 31.4 Å². The predicted octanol–water partition coefficient (Wildman–Crippen LogP) is 5.47. The van der Waals surface area contributed by atoms with Crippen molar-refractivity contribution in [2.24, 2.45) is 23.7 Å². The van der Waals surface area contributed by atoms with Gasteiger partial charge in [0.25, 0.3) is 5.91 Å². The smallest absolute Gasteiger partial charge is 0.407 e. The van der Waals surface area contributed by atoms with Crippen LogP contribution in [0.15, 0.2) is 35.2 Å². The van der Waals surface area contributed by atoms with Crippen molar-refractivity contribution in [1.29, 1.82) is 0 Å². The minimum absolute atomic E-state index is 0.00772. The average molecular weight is 658 g/mol. The molecule has 0 aliphatic heterocycles. The molecule has 2 saturated carbocycles. The Hall–Kier alpha value is -3.32. The monoisotopic (exact) mass is 657 g/mol. The van der Waals surface area contributed by atoms with Crippen LogP contribution >= 0.6 is 11.6 Å². The average Bonchev–Trinajstić information content (AvgIpc) is 2.95. The van der Waals surface area contributed by atoms with Crippen LogP contribution in [0.2, 0.25) is 5.02 Å². The van der Waals surface area contributed by atoms with Crippen molar-refractivity contribution in [3.8, 4) is 0 Å². The zero-order valence-electron chi connectivity index (χ0n) is 24.6. The molecule has 2 aliphatic rings. The molecule has 0 aromatic heterocycles. The van der Waals surface area contributed by atoms with Gasteiger partial charge in [0.15, 0.2) is 27.3 Å². The van der Waals surface area contributed by atoms with Gasteiger partial charge < -0.3 is 20.7 Å². The minimum Gasteiger partial charge on any atom is -0.453 e. The number of anilines is 1. The number of ether oxygens (including phenoxy) is 1. The summed E-state index contributed by atoms with van der Waals surface area (Å²) in [6, 6.07) is 3.73. The van der Waals surface area contributed by atoms with E-state index in [1.807, 2.05) is 6.92 Å². The number of sulfone groups is 1. The van der Waals surface area contributed by atoms with Crippen molar-refractivity contribution in [3.63, 3.8) is 0 Å². The molecule has 3 N–H and O–H groups in total. The third-order valence-electron chi connectivity index (χ3n) is 8.61. The van der Waals surface area contributed by atoms with E-state index in [-0.39, 0.29) is 56.8 Å². The maximum absolute atomic E-state index is 14.2. The molecule has 2 aliphatic carbocycles. The van der Waals surface area contributed by atoms with Crippen LogP contribution in [-0.2, 0) is 19.4 Å². The van der Waals surface area contributed by atoms with Crippen molar-refractivity contribution >= 4 is 45.0 Å². The maximum atomic E-state index is 14.2. The second-order valence-electron chi connectivity index (χ2n) is 11.9. The van der Waals surface area contributed by atoms with E-state index in [4.69, 9.17) is 11.6 Å². The number of benzene rings is 2. The lowest BCUT2D eigenvalue weighted by Crippen LogP contribution is -2.57. The molecule has 3 unspecified atom stereocenters. The van der Waals surface area contributed by atoms with E-state index in [2.05, 4.69) is 20.7 Å². The van der Waals surface area contributed by atoms with Gasteiger partial charge in [-0.2, -0.15) is 0 Å².